The summed E-state index contributed by atoms with van der Waals surface area (Å²) in [5, 5.41) is 10.5. The minimum absolute atomic E-state index is 0. The monoisotopic (exact) mass is 611 g/mol. The summed E-state index contributed by atoms with van der Waals surface area (Å²) in [7, 11) is 0. The predicted molar refractivity (Wildman–Crippen MR) is 176 cm³/mol. The van der Waals surface area contributed by atoms with Gasteiger partial charge >= 0.3 is 12.1 Å². The molecule has 2 aromatic heterocycles. The lowest BCUT2D eigenvalue weighted by Gasteiger charge is -2.23. The lowest BCUT2D eigenvalue weighted by atomic mass is 9.97. The van der Waals surface area contributed by atoms with Crippen LogP contribution in [0.5, 0.6) is 0 Å². The Labute approximate surface area is 264 Å². The molecule has 0 saturated heterocycles. The van der Waals surface area contributed by atoms with E-state index in [2.05, 4.69) is 42.0 Å². The smallest absolute Gasteiger partial charge is 0.410 e. The van der Waals surface area contributed by atoms with Gasteiger partial charge in [0.1, 0.15) is 6.61 Å². The summed E-state index contributed by atoms with van der Waals surface area (Å²) < 4.78 is 5.75. The average Bonchev–Trinajstić information content (AvgIpc) is 3.37. The van der Waals surface area contributed by atoms with E-state index >= 15 is 0 Å². The van der Waals surface area contributed by atoms with Crippen molar-refractivity contribution < 1.29 is 19.4 Å². The number of aromatic nitrogens is 2. The van der Waals surface area contributed by atoms with Gasteiger partial charge in [-0.05, 0) is 92.1 Å². The van der Waals surface area contributed by atoms with Gasteiger partial charge in [-0.25, -0.2) is 9.59 Å². The normalized spacial score (nSPS) is 10.8. The maximum absolute atomic E-state index is 13.4. The number of halogens is 1. The highest BCUT2D eigenvalue weighted by Crippen LogP contribution is 2.34. The van der Waals surface area contributed by atoms with E-state index in [-0.39, 0.29) is 30.7 Å². The van der Waals surface area contributed by atoms with Crippen LogP contribution in [-0.2, 0) is 24.2 Å². The number of fused-ring (bicyclic) bond motifs is 1. The van der Waals surface area contributed by atoms with Gasteiger partial charge in [-0.15, -0.1) is 12.4 Å². The molecule has 0 fully saturated rings. The molecule has 2 N–H and O–H groups in total. The molecular weight excluding hydrogens is 574 g/mol. The molecule has 0 atom stereocenters. The molecule has 5 aromatic rings. The number of hydrogen-bond acceptors (Lipinski definition) is 4. The maximum atomic E-state index is 13.4. The van der Waals surface area contributed by atoms with Gasteiger partial charge in [-0.3, -0.25) is 4.98 Å². The van der Waals surface area contributed by atoms with Gasteiger partial charge in [0.05, 0.1) is 11.3 Å². The number of nitrogens with one attached hydrogen (secondary N) is 1. The molecule has 0 unspecified atom stereocenters. The number of carboxylic acids is 1. The summed E-state index contributed by atoms with van der Waals surface area (Å²) in [6.45, 7) is 5.34. The van der Waals surface area contributed by atoms with Crippen LogP contribution in [-0.4, -0.2) is 45.1 Å². The van der Waals surface area contributed by atoms with Gasteiger partial charge in [0.2, 0.25) is 0 Å². The lowest BCUT2D eigenvalue weighted by Crippen LogP contribution is -2.34. The second-order valence-electron chi connectivity index (χ2n) is 11.0. The molecule has 0 bridgehead atoms. The van der Waals surface area contributed by atoms with Crippen molar-refractivity contribution in [3.05, 3.63) is 125 Å². The van der Waals surface area contributed by atoms with Crippen molar-refractivity contribution in [2.45, 2.75) is 46.1 Å². The molecule has 5 rings (SSSR count). The van der Waals surface area contributed by atoms with Crippen LogP contribution >= 0.6 is 12.4 Å². The quantitative estimate of drug-likeness (QED) is 0.139. The molecule has 0 aliphatic heterocycles. The number of aryl methyl sites for hydroxylation is 3. The van der Waals surface area contributed by atoms with Crippen LogP contribution in [0.25, 0.3) is 22.2 Å². The zero-order valence-corrected chi connectivity index (χ0v) is 25.9. The third-order valence-corrected chi connectivity index (χ3v) is 7.79. The molecule has 2 heterocycles. The topological polar surface area (TPSA) is 95.5 Å². The number of carbonyl (C=O) groups excluding carboxylic acids is 1. The largest absolute Gasteiger partial charge is 0.478 e. The zero-order chi connectivity index (χ0) is 30.2. The molecule has 8 heteroatoms. The maximum Gasteiger partial charge on any atom is 0.410 e. The fraction of sp³-hybridized carbons (Fsp3) is 0.250. The SMILES string of the molecule is Cc1ccc(-c2[nH]c3ccc(C(=O)O)cc3c2CCN(CCCCc2ccncc2)C(=O)OCc2ccccc2)c(C)c1.Cl. The number of amides is 1. The number of H-pyrrole nitrogens is 1. The number of carbonyl (C=O) groups is 2. The van der Waals surface area contributed by atoms with Gasteiger partial charge in [0, 0.05) is 41.9 Å². The van der Waals surface area contributed by atoms with Gasteiger partial charge in [-0.1, -0.05) is 54.1 Å². The summed E-state index contributed by atoms with van der Waals surface area (Å²) in [5.74, 6) is -0.970. The minimum Gasteiger partial charge on any atom is -0.478 e. The van der Waals surface area contributed by atoms with Gasteiger partial charge < -0.3 is 19.7 Å². The first-order chi connectivity index (χ1) is 20.9. The van der Waals surface area contributed by atoms with E-state index in [1.165, 1.54) is 11.1 Å². The molecule has 7 nitrogen and oxygen atoms in total. The number of hydrogen-bond donors (Lipinski definition) is 2. The Bertz CT molecular complexity index is 1700. The Morgan fingerprint density at radius 3 is 2.36 bits per heavy atom. The fourth-order valence-electron chi connectivity index (χ4n) is 5.50. The number of ether oxygens (including phenoxy) is 1. The molecular formula is C36H38ClN3O4. The van der Waals surface area contributed by atoms with Crippen LogP contribution in [0.3, 0.4) is 0 Å². The van der Waals surface area contributed by atoms with E-state index in [4.69, 9.17) is 4.74 Å². The summed E-state index contributed by atoms with van der Waals surface area (Å²) in [6.07, 6.45) is 6.44. The highest BCUT2D eigenvalue weighted by atomic mass is 35.5. The van der Waals surface area contributed by atoms with Crippen LogP contribution < -0.4 is 0 Å². The van der Waals surface area contributed by atoms with Crippen molar-refractivity contribution in [1.82, 2.24) is 14.9 Å². The lowest BCUT2D eigenvalue weighted by molar-refractivity contribution is 0.0697. The summed E-state index contributed by atoms with van der Waals surface area (Å²) in [5.41, 5.74) is 8.55. The van der Waals surface area contributed by atoms with Gasteiger partial charge in [0.15, 0.2) is 0 Å². The third-order valence-electron chi connectivity index (χ3n) is 7.79. The average molecular weight is 612 g/mol. The number of aromatic amines is 1. The second kappa shape index (κ2) is 15.2. The van der Waals surface area contributed by atoms with Crippen molar-refractivity contribution in [1.29, 1.82) is 0 Å². The van der Waals surface area contributed by atoms with Crippen LogP contribution in [0.2, 0.25) is 0 Å². The Morgan fingerprint density at radius 2 is 1.64 bits per heavy atom. The number of aromatic carboxylic acids is 1. The number of carboxylic acid groups (broad SMARTS) is 1. The van der Waals surface area contributed by atoms with E-state index in [0.717, 1.165) is 58.1 Å². The van der Waals surface area contributed by atoms with Crippen molar-refractivity contribution in [2.75, 3.05) is 13.1 Å². The standard InChI is InChI=1S/C36H37N3O4.ClH/c1-25-11-13-30(26(2)22-25)34-31(32-23-29(35(40)41)12-14-33(32)38-34)17-21-39(20-7-6-8-27-15-18-37-19-16-27)36(42)43-24-28-9-4-3-5-10-28;/h3-5,9-16,18-19,22-23,38H,6-8,17,20-21,24H2,1-2H3,(H,40,41);1H. The summed E-state index contributed by atoms with van der Waals surface area (Å²) >= 11 is 0. The molecule has 3 aromatic carbocycles. The predicted octanol–water partition coefficient (Wildman–Crippen LogP) is 8.17. The number of pyridine rings is 1. The third kappa shape index (κ3) is 8.05. The molecule has 0 saturated carbocycles. The first-order valence-corrected chi connectivity index (χ1v) is 14.7. The summed E-state index contributed by atoms with van der Waals surface area (Å²) in [4.78, 5) is 34.7. The van der Waals surface area contributed by atoms with Crippen LogP contribution in [0, 0.1) is 13.8 Å². The van der Waals surface area contributed by atoms with E-state index in [1.54, 1.807) is 29.4 Å². The fourth-order valence-corrected chi connectivity index (χ4v) is 5.50. The molecule has 0 aliphatic carbocycles. The van der Waals surface area contributed by atoms with Gasteiger partial charge in [0.25, 0.3) is 0 Å². The van der Waals surface area contributed by atoms with E-state index in [9.17, 15) is 14.7 Å². The van der Waals surface area contributed by atoms with Crippen molar-refractivity contribution in [3.63, 3.8) is 0 Å². The first-order valence-electron chi connectivity index (χ1n) is 14.7. The summed E-state index contributed by atoms with van der Waals surface area (Å²) in [6, 6.07) is 25.2. The first kappa shape index (κ1) is 32.3. The molecule has 0 spiro atoms. The van der Waals surface area contributed by atoms with Crippen molar-refractivity contribution in [2.24, 2.45) is 0 Å². The van der Waals surface area contributed by atoms with Crippen LogP contribution in [0.1, 0.15) is 51.0 Å². The molecule has 44 heavy (non-hydrogen) atoms. The Hall–Kier alpha value is -4.62. The van der Waals surface area contributed by atoms with Crippen LogP contribution in [0.4, 0.5) is 4.79 Å². The Kier molecular flexibility index (Phi) is 11.2. The van der Waals surface area contributed by atoms with Gasteiger partial charge in [-0.2, -0.15) is 0 Å². The highest BCUT2D eigenvalue weighted by molar-refractivity contribution is 5.97. The molecule has 1 amide bonds. The zero-order valence-electron chi connectivity index (χ0n) is 25.1. The Morgan fingerprint density at radius 1 is 0.864 bits per heavy atom. The van der Waals surface area contributed by atoms with E-state index in [0.29, 0.717) is 19.5 Å². The number of unbranched alkanes of at least 4 members (excludes halogenated alkanes) is 1. The van der Waals surface area contributed by atoms with Crippen LogP contribution in [0.15, 0.2) is 91.3 Å². The van der Waals surface area contributed by atoms with Crippen molar-refractivity contribution in [3.8, 4) is 11.3 Å². The second-order valence-corrected chi connectivity index (χ2v) is 11.0. The number of rotatable bonds is 12. The number of benzene rings is 3. The number of nitrogens with zero attached hydrogens (tertiary/aromatic N) is 2. The van der Waals surface area contributed by atoms with E-state index < -0.39 is 5.97 Å². The minimum atomic E-state index is -0.970. The van der Waals surface area contributed by atoms with Crippen molar-refractivity contribution >= 4 is 35.4 Å². The molecule has 0 aliphatic rings. The van der Waals surface area contributed by atoms with E-state index in [1.807, 2.05) is 48.5 Å². The molecule has 228 valence electrons. The molecule has 0 radical (unpaired) electrons. The highest BCUT2D eigenvalue weighted by Gasteiger charge is 2.20. The Balaban J connectivity index is 0.00000442.